The van der Waals surface area contributed by atoms with Gasteiger partial charge in [-0.05, 0) is 54.4 Å². The molecule has 10 nitrogen and oxygen atoms in total. The third-order valence-corrected chi connectivity index (χ3v) is 7.39. The number of fused-ring (bicyclic) bond motifs is 2. The number of nitrogens with zero attached hydrogens (tertiary/aromatic N) is 6. The molecule has 1 atom stereocenters. The van der Waals surface area contributed by atoms with E-state index in [1.165, 1.54) is 6.07 Å². The van der Waals surface area contributed by atoms with Gasteiger partial charge in [0.2, 0.25) is 11.7 Å². The van der Waals surface area contributed by atoms with Crippen LogP contribution < -0.4 is 4.74 Å². The fraction of sp³-hybridized carbons (Fsp3) is 0.194. The molecule has 2 aromatic carbocycles. The first kappa shape index (κ1) is 26.7. The van der Waals surface area contributed by atoms with Gasteiger partial charge < -0.3 is 19.1 Å². The molecule has 12 heteroatoms. The molecule has 216 valence electrons. The summed E-state index contributed by atoms with van der Waals surface area (Å²) in [6, 6.07) is 13.6. The summed E-state index contributed by atoms with van der Waals surface area (Å²) >= 11 is 0. The molecule has 0 spiro atoms. The second-order valence-corrected chi connectivity index (χ2v) is 10.2. The lowest BCUT2D eigenvalue weighted by molar-refractivity contribution is -0.0589. The molecule has 6 aromatic rings. The van der Waals surface area contributed by atoms with Crippen LogP contribution in [0, 0.1) is 11.6 Å². The van der Waals surface area contributed by atoms with Gasteiger partial charge in [0.1, 0.15) is 24.1 Å². The molecule has 1 aliphatic rings. The molecule has 5 heterocycles. The van der Waals surface area contributed by atoms with Crippen LogP contribution in [0.1, 0.15) is 33.9 Å². The zero-order valence-corrected chi connectivity index (χ0v) is 22.7. The molecule has 0 amide bonds. The quantitative estimate of drug-likeness (QED) is 0.251. The maximum absolute atomic E-state index is 15.5. The lowest BCUT2D eigenvalue weighted by Gasteiger charge is -2.27. The van der Waals surface area contributed by atoms with Gasteiger partial charge in [-0.1, -0.05) is 6.07 Å². The Kier molecular flexibility index (Phi) is 6.74. The van der Waals surface area contributed by atoms with Gasteiger partial charge in [-0.15, -0.1) is 0 Å². The number of carbonyl (C=O) groups is 1. The summed E-state index contributed by atoms with van der Waals surface area (Å²) in [5.74, 6) is -1.07. The van der Waals surface area contributed by atoms with E-state index < -0.39 is 17.6 Å². The minimum absolute atomic E-state index is 0.00269. The Bertz CT molecular complexity index is 1970. The van der Waals surface area contributed by atoms with Crippen molar-refractivity contribution < 1.29 is 28.2 Å². The summed E-state index contributed by atoms with van der Waals surface area (Å²) in [6.07, 6.45) is 6.05. The highest BCUT2D eigenvalue weighted by Gasteiger charge is 2.23. The highest BCUT2D eigenvalue weighted by molar-refractivity contribution is 5.92. The largest absolute Gasteiger partial charge is 0.478 e. The lowest BCUT2D eigenvalue weighted by atomic mass is 10.0. The van der Waals surface area contributed by atoms with Crippen LogP contribution in [0.4, 0.5) is 8.78 Å². The molecule has 0 saturated carbocycles. The minimum atomic E-state index is -1.06. The van der Waals surface area contributed by atoms with Gasteiger partial charge >= 0.3 is 5.97 Å². The van der Waals surface area contributed by atoms with Crippen LogP contribution in [0.25, 0.3) is 28.1 Å². The Morgan fingerprint density at radius 3 is 2.74 bits per heavy atom. The Morgan fingerprint density at radius 2 is 1.95 bits per heavy atom. The smallest absolute Gasteiger partial charge is 0.335 e. The zero-order valence-electron chi connectivity index (χ0n) is 22.7. The molecule has 1 fully saturated rings. The number of imidazole rings is 2. The average Bonchev–Trinajstić information content (AvgIpc) is 3.55. The summed E-state index contributed by atoms with van der Waals surface area (Å²) in [6.45, 7) is 1.20. The highest BCUT2D eigenvalue weighted by atomic mass is 19.1. The number of ether oxygens (including phenoxy) is 2. The molecule has 1 saturated heterocycles. The Balaban J connectivity index is 1.15. The number of aromatic nitrogens is 6. The monoisotopic (exact) mass is 582 g/mol. The molecular formula is C31H24F2N6O4. The third kappa shape index (κ3) is 5.28. The number of rotatable bonds is 9. The third-order valence-electron chi connectivity index (χ3n) is 7.39. The molecule has 43 heavy (non-hydrogen) atoms. The number of benzene rings is 2. The summed E-state index contributed by atoms with van der Waals surface area (Å²) in [7, 11) is 0. The molecule has 1 N–H and O–H groups in total. The molecule has 0 bridgehead atoms. The normalized spacial score (nSPS) is 14.7. The molecule has 7 rings (SSSR count). The van der Waals surface area contributed by atoms with Gasteiger partial charge in [-0.3, -0.25) is 4.40 Å². The number of halogens is 2. The van der Waals surface area contributed by atoms with E-state index in [4.69, 9.17) is 9.47 Å². The summed E-state index contributed by atoms with van der Waals surface area (Å²) in [4.78, 5) is 29.1. The van der Waals surface area contributed by atoms with Crippen LogP contribution in [0.3, 0.4) is 0 Å². The van der Waals surface area contributed by atoms with Gasteiger partial charge in [0.05, 0.1) is 40.6 Å². The Morgan fingerprint density at radius 1 is 1.07 bits per heavy atom. The van der Waals surface area contributed by atoms with E-state index in [9.17, 15) is 9.90 Å². The predicted octanol–water partition coefficient (Wildman–Crippen LogP) is 5.08. The average molecular weight is 583 g/mol. The van der Waals surface area contributed by atoms with E-state index in [1.54, 1.807) is 53.2 Å². The van der Waals surface area contributed by atoms with Gasteiger partial charge in [0.25, 0.3) is 0 Å². The van der Waals surface area contributed by atoms with Crippen molar-refractivity contribution in [2.45, 2.75) is 32.1 Å². The standard InChI is InChI=1S/C31H24F2N6O4/c32-23-14-22(25-3-1-4-29(37-25)43-17-20-15-38-9-2-8-34-31(38)35-20)24(33)11-19(23)13-28-36-26-6-5-18(30(40)41)12-27(26)39(28)16-21-7-10-42-21/h1-6,8-9,11-12,14-15,21H,7,10,13,16-17H2,(H,40,41). The predicted molar refractivity (Wildman–Crippen MR) is 151 cm³/mol. The van der Waals surface area contributed by atoms with Crippen molar-refractivity contribution in [3.8, 4) is 17.1 Å². The zero-order chi connectivity index (χ0) is 29.5. The van der Waals surface area contributed by atoms with E-state index >= 15 is 8.78 Å². The van der Waals surface area contributed by atoms with Gasteiger partial charge in [0, 0.05) is 43.2 Å². The van der Waals surface area contributed by atoms with Crippen LogP contribution in [0.15, 0.2) is 73.2 Å². The molecule has 0 radical (unpaired) electrons. The fourth-order valence-electron chi connectivity index (χ4n) is 5.11. The topological polar surface area (TPSA) is 117 Å². The maximum atomic E-state index is 15.5. The van der Waals surface area contributed by atoms with E-state index in [0.29, 0.717) is 41.5 Å². The van der Waals surface area contributed by atoms with Crippen molar-refractivity contribution in [2.75, 3.05) is 6.61 Å². The highest BCUT2D eigenvalue weighted by Crippen LogP contribution is 2.29. The molecule has 1 aliphatic heterocycles. The van der Waals surface area contributed by atoms with Crippen LogP contribution >= 0.6 is 0 Å². The first-order valence-electron chi connectivity index (χ1n) is 13.6. The van der Waals surface area contributed by atoms with Crippen LogP contribution in [0.5, 0.6) is 5.88 Å². The van der Waals surface area contributed by atoms with Crippen LogP contribution in [-0.4, -0.2) is 52.7 Å². The first-order valence-corrected chi connectivity index (χ1v) is 13.6. The number of carboxylic acid groups (broad SMARTS) is 1. The number of hydrogen-bond acceptors (Lipinski definition) is 7. The van der Waals surface area contributed by atoms with Crippen molar-refractivity contribution in [3.63, 3.8) is 0 Å². The van der Waals surface area contributed by atoms with Gasteiger partial charge in [-0.2, -0.15) is 0 Å². The number of pyridine rings is 1. The van der Waals surface area contributed by atoms with Crippen molar-refractivity contribution in [1.82, 2.24) is 28.9 Å². The maximum Gasteiger partial charge on any atom is 0.335 e. The second kappa shape index (κ2) is 10.9. The molecule has 1 unspecified atom stereocenters. The van der Waals surface area contributed by atoms with Crippen molar-refractivity contribution in [1.29, 1.82) is 0 Å². The molecule has 0 aliphatic carbocycles. The van der Waals surface area contributed by atoms with E-state index in [-0.39, 0.29) is 47.4 Å². The first-order chi connectivity index (χ1) is 20.9. The Hall–Kier alpha value is -5.23. The number of hydrogen-bond donors (Lipinski definition) is 1. The van der Waals surface area contributed by atoms with E-state index in [2.05, 4.69) is 19.9 Å². The second-order valence-electron chi connectivity index (χ2n) is 10.2. The van der Waals surface area contributed by atoms with Gasteiger partial charge in [0.15, 0.2) is 0 Å². The van der Waals surface area contributed by atoms with E-state index in [1.807, 2.05) is 10.8 Å². The minimum Gasteiger partial charge on any atom is -0.478 e. The summed E-state index contributed by atoms with van der Waals surface area (Å²) in [5.41, 5.74) is 2.24. The molecule has 4 aromatic heterocycles. The SMILES string of the molecule is O=C(O)c1ccc2nc(Cc3cc(F)c(-c4cccc(OCc5cn6cccnc6n5)n4)cc3F)n(CC3CCO3)c2c1. The van der Waals surface area contributed by atoms with E-state index in [0.717, 1.165) is 18.6 Å². The summed E-state index contributed by atoms with van der Waals surface area (Å²) in [5, 5.41) is 9.47. The van der Waals surface area contributed by atoms with Gasteiger partial charge in [-0.25, -0.2) is 33.5 Å². The molecular weight excluding hydrogens is 558 g/mol. The van der Waals surface area contributed by atoms with Crippen LogP contribution in [0.2, 0.25) is 0 Å². The van der Waals surface area contributed by atoms with Crippen molar-refractivity contribution >= 4 is 22.8 Å². The fourth-order valence-corrected chi connectivity index (χ4v) is 5.11. The van der Waals surface area contributed by atoms with Crippen molar-refractivity contribution in [2.24, 2.45) is 0 Å². The van der Waals surface area contributed by atoms with Crippen molar-refractivity contribution in [3.05, 3.63) is 107 Å². The number of aromatic carboxylic acids is 1. The van der Waals surface area contributed by atoms with Crippen LogP contribution in [-0.2, 0) is 24.3 Å². The Labute approximate surface area is 243 Å². The summed E-state index contributed by atoms with van der Waals surface area (Å²) < 4.78 is 45.9. The number of carboxylic acids is 1. The lowest BCUT2D eigenvalue weighted by Crippen LogP contribution is -2.31.